The molecule has 3 aromatic carbocycles. The first kappa shape index (κ1) is 14.7. The Labute approximate surface area is 143 Å². The van der Waals surface area contributed by atoms with Gasteiger partial charge in [-0.05, 0) is 0 Å². The van der Waals surface area contributed by atoms with Crippen molar-refractivity contribution in [2.45, 2.75) is 0 Å². The zero-order valence-electron chi connectivity index (χ0n) is 11.6. The van der Waals surface area contributed by atoms with Crippen LogP contribution in [0.15, 0.2) is 91.0 Å². The van der Waals surface area contributed by atoms with Gasteiger partial charge >= 0.3 is 143 Å². The minimum absolute atomic E-state index is 0.712. The van der Waals surface area contributed by atoms with E-state index < -0.39 is 8.32 Å². The molecule has 0 N–H and O–H groups in total. The van der Waals surface area contributed by atoms with E-state index in [1.165, 1.54) is 15.6 Å². The van der Waals surface area contributed by atoms with Gasteiger partial charge in [0.05, 0.1) is 0 Å². The quantitative estimate of drug-likeness (QED) is 0.407. The standard InChI is InChI=1S/C18H15OSi.Pb/c19-20(16-10-4-1-5-11-16,17-12-6-2-7-13-17)18-14-8-3-9-15-18;/h1-15H;/q-1;+1. The Balaban J connectivity index is 2.29. The van der Waals surface area contributed by atoms with Crippen LogP contribution in [0.1, 0.15) is 0 Å². The molecule has 0 unspecified atom stereocenters. The van der Waals surface area contributed by atoms with Crippen molar-refractivity contribution in [1.29, 1.82) is 0 Å². The fraction of sp³-hybridized carbons (Fsp3) is 0. The molecule has 0 atom stereocenters. The van der Waals surface area contributed by atoms with E-state index in [0.29, 0.717) is 26.2 Å². The molecular weight excluding hydrogens is 467 g/mol. The predicted molar refractivity (Wildman–Crippen MR) is 90.8 cm³/mol. The first-order valence-electron chi connectivity index (χ1n) is 6.89. The van der Waals surface area contributed by atoms with E-state index in [9.17, 15) is 0 Å². The summed E-state index contributed by atoms with van der Waals surface area (Å²) in [5.41, 5.74) is 0. The van der Waals surface area contributed by atoms with Crippen molar-refractivity contribution in [2.24, 2.45) is 0 Å². The fourth-order valence-electron chi connectivity index (χ4n) is 2.70. The van der Waals surface area contributed by atoms with E-state index >= 15 is 0 Å². The van der Waals surface area contributed by atoms with Crippen LogP contribution in [0, 0.1) is 0 Å². The third kappa shape index (κ3) is 2.75. The van der Waals surface area contributed by atoms with Crippen LogP contribution in [-0.4, -0.2) is 34.5 Å². The van der Waals surface area contributed by atoms with Gasteiger partial charge in [-0.3, -0.25) is 0 Å². The summed E-state index contributed by atoms with van der Waals surface area (Å²) in [6.07, 6.45) is 0. The van der Waals surface area contributed by atoms with Crippen LogP contribution in [0.5, 0.6) is 0 Å². The Hall–Kier alpha value is -1.24. The summed E-state index contributed by atoms with van der Waals surface area (Å²) >= 11 is 0.712. The Morgan fingerprint density at radius 3 is 1.05 bits per heavy atom. The van der Waals surface area contributed by atoms with E-state index in [1.54, 1.807) is 0 Å². The molecule has 0 aromatic heterocycles. The Bertz CT molecular complexity index is 590. The Morgan fingerprint density at radius 2 is 0.810 bits per heavy atom. The summed E-state index contributed by atoms with van der Waals surface area (Å²) in [7, 11) is -2.34. The van der Waals surface area contributed by atoms with Crippen LogP contribution >= 0.6 is 0 Å². The van der Waals surface area contributed by atoms with Gasteiger partial charge in [-0.25, -0.2) is 0 Å². The molecule has 21 heavy (non-hydrogen) atoms. The van der Waals surface area contributed by atoms with E-state index in [1.807, 2.05) is 0 Å². The predicted octanol–water partition coefficient (Wildman–Crippen LogP) is 1.75. The molecule has 0 spiro atoms. The van der Waals surface area contributed by atoms with Crippen LogP contribution in [0.3, 0.4) is 0 Å². The molecule has 0 amide bonds. The Morgan fingerprint density at radius 1 is 0.524 bits per heavy atom. The third-order valence-corrected chi connectivity index (χ3v) is 11.0. The maximum absolute atomic E-state index is 6.37. The molecule has 0 bridgehead atoms. The first-order chi connectivity index (χ1) is 10.4. The Kier molecular flexibility index (Phi) is 4.67. The number of benzene rings is 3. The summed E-state index contributed by atoms with van der Waals surface area (Å²) in [6.45, 7) is 0. The number of rotatable bonds is 4. The van der Waals surface area contributed by atoms with Crippen molar-refractivity contribution in [1.82, 2.24) is 0 Å². The number of hydrogen-bond donors (Lipinski definition) is 0. The van der Waals surface area contributed by atoms with E-state index in [0.717, 1.165) is 0 Å². The zero-order valence-corrected chi connectivity index (χ0v) is 16.5. The summed E-state index contributed by atoms with van der Waals surface area (Å²) in [4.78, 5) is 0. The van der Waals surface area contributed by atoms with Gasteiger partial charge in [0.25, 0.3) is 0 Å². The average Bonchev–Trinajstić information content (AvgIpc) is 2.59. The van der Waals surface area contributed by atoms with Crippen LogP contribution in [0.2, 0.25) is 0 Å². The van der Waals surface area contributed by atoms with Crippen molar-refractivity contribution >= 4 is 50.1 Å². The van der Waals surface area contributed by atoms with Gasteiger partial charge in [0, 0.05) is 0 Å². The molecule has 0 heterocycles. The second-order valence-corrected chi connectivity index (χ2v) is 10.6. The summed E-state index contributed by atoms with van der Waals surface area (Å²) in [5.74, 6) is 0. The number of hydrogen-bond acceptors (Lipinski definition) is 1. The molecule has 3 aromatic rings. The average molecular weight is 483 g/mol. The molecule has 1 nitrogen and oxygen atoms in total. The molecule has 0 saturated heterocycles. The monoisotopic (exact) mass is 483 g/mol. The summed E-state index contributed by atoms with van der Waals surface area (Å²) in [5, 5.41) is 3.91. The molecule has 0 aliphatic carbocycles. The van der Waals surface area contributed by atoms with Crippen LogP contribution in [-0.2, 0) is 2.38 Å². The maximum atomic E-state index is 6.37. The third-order valence-electron chi connectivity index (χ3n) is 3.69. The van der Waals surface area contributed by atoms with Gasteiger partial charge in [0.15, 0.2) is 0 Å². The SMILES string of the molecule is [Pb][O][Si](c1ccccc1)(c1ccccc1)c1ccccc1. The molecule has 0 aliphatic heterocycles. The van der Waals surface area contributed by atoms with Gasteiger partial charge < -0.3 is 0 Å². The van der Waals surface area contributed by atoms with E-state index in [-0.39, 0.29) is 0 Å². The van der Waals surface area contributed by atoms with Crippen molar-refractivity contribution in [3.05, 3.63) is 91.0 Å². The van der Waals surface area contributed by atoms with Crippen LogP contribution in [0.4, 0.5) is 0 Å². The normalized spacial score (nSPS) is 11.3. The fourth-order valence-corrected chi connectivity index (χ4v) is 10.2. The molecule has 0 fully saturated rings. The van der Waals surface area contributed by atoms with Gasteiger partial charge in [-0.2, -0.15) is 0 Å². The molecule has 101 valence electrons. The second kappa shape index (κ2) is 6.68. The topological polar surface area (TPSA) is 9.23 Å². The minimum atomic E-state index is -2.34. The zero-order chi connectivity index (χ0) is 14.5. The summed E-state index contributed by atoms with van der Waals surface area (Å²) in [6, 6.07) is 32.0. The molecule has 3 heteroatoms. The summed E-state index contributed by atoms with van der Waals surface area (Å²) < 4.78 is 6.37. The van der Waals surface area contributed by atoms with E-state index in [4.69, 9.17) is 2.38 Å². The second-order valence-electron chi connectivity index (χ2n) is 4.88. The van der Waals surface area contributed by atoms with Gasteiger partial charge in [-0.15, -0.1) is 0 Å². The van der Waals surface area contributed by atoms with Gasteiger partial charge in [0.2, 0.25) is 0 Å². The van der Waals surface area contributed by atoms with Crippen LogP contribution in [0.25, 0.3) is 0 Å². The molecule has 3 rings (SSSR count). The molecule has 3 radical (unpaired) electrons. The van der Waals surface area contributed by atoms with Crippen LogP contribution < -0.4 is 15.6 Å². The molecule has 0 aliphatic rings. The molecule has 0 saturated carbocycles. The first-order valence-corrected chi connectivity index (χ1v) is 10.4. The van der Waals surface area contributed by atoms with Crippen molar-refractivity contribution < 1.29 is 2.38 Å². The van der Waals surface area contributed by atoms with Crippen molar-refractivity contribution in [3.63, 3.8) is 0 Å². The van der Waals surface area contributed by atoms with Crippen molar-refractivity contribution in [2.75, 3.05) is 0 Å². The van der Waals surface area contributed by atoms with Gasteiger partial charge in [0.1, 0.15) is 0 Å². The van der Waals surface area contributed by atoms with E-state index in [2.05, 4.69) is 91.0 Å². The molecular formula is C18H15OPbSi. The van der Waals surface area contributed by atoms with Gasteiger partial charge in [-0.1, -0.05) is 0 Å². The van der Waals surface area contributed by atoms with Crippen molar-refractivity contribution in [3.8, 4) is 0 Å².